The summed E-state index contributed by atoms with van der Waals surface area (Å²) in [4.78, 5) is 17.4. The van der Waals surface area contributed by atoms with Crippen molar-refractivity contribution in [2.75, 3.05) is 5.32 Å². The SMILES string of the molecule is O=C(Nc1ncc(Cc2ccc(Cl)cc2)s1)c1ccccc1OC(F)F. The van der Waals surface area contributed by atoms with Crippen molar-refractivity contribution in [2.45, 2.75) is 13.0 Å². The number of halogens is 3. The molecule has 0 unspecified atom stereocenters. The summed E-state index contributed by atoms with van der Waals surface area (Å²) in [6.45, 7) is -3.00. The number of benzene rings is 2. The number of ether oxygens (including phenoxy) is 1. The molecule has 0 saturated heterocycles. The van der Waals surface area contributed by atoms with E-state index in [0.29, 0.717) is 16.6 Å². The van der Waals surface area contributed by atoms with Crippen molar-refractivity contribution in [2.24, 2.45) is 0 Å². The molecule has 1 aromatic heterocycles. The lowest BCUT2D eigenvalue weighted by atomic mass is 10.1. The third-order valence-corrected chi connectivity index (χ3v) is 4.58. The number of rotatable bonds is 6. The van der Waals surface area contributed by atoms with E-state index in [-0.39, 0.29) is 11.3 Å². The van der Waals surface area contributed by atoms with Gasteiger partial charge in [-0.05, 0) is 29.8 Å². The smallest absolute Gasteiger partial charge is 0.387 e. The lowest BCUT2D eigenvalue weighted by Crippen LogP contribution is -2.14. The van der Waals surface area contributed by atoms with Crippen LogP contribution in [0.2, 0.25) is 5.02 Å². The van der Waals surface area contributed by atoms with Crippen molar-refractivity contribution in [3.63, 3.8) is 0 Å². The number of para-hydroxylation sites is 1. The first-order valence-electron chi connectivity index (χ1n) is 7.55. The van der Waals surface area contributed by atoms with E-state index in [0.717, 1.165) is 10.4 Å². The summed E-state index contributed by atoms with van der Waals surface area (Å²) in [7, 11) is 0. The number of nitrogens with one attached hydrogen (secondary N) is 1. The van der Waals surface area contributed by atoms with Crippen LogP contribution in [0.3, 0.4) is 0 Å². The summed E-state index contributed by atoms with van der Waals surface area (Å²) in [6, 6.07) is 13.3. The Kier molecular flexibility index (Phi) is 5.80. The van der Waals surface area contributed by atoms with Crippen molar-refractivity contribution in [3.05, 3.63) is 75.8 Å². The summed E-state index contributed by atoms with van der Waals surface area (Å²) in [5, 5.41) is 3.65. The molecule has 134 valence electrons. The van der Waals surface area contributed by atoms with Crippen molar-refractivity contribution in [1.29, 1.82) is 0 Å². The van der Waals surface area contributed by atoms with Crippen molar-refractivity contribution < 1.29 is 18.3 Å². The van der Waals surface area contributed by atoms with Crippen LogP contribution >= 0.6 is 22.9 Å². The van der Waals surface area contributed by atoms with Crippen LogP contribution in [0, 0.1) is 0 Å². The highest BCUT2D eigenvalue weighted by Gasteiger charge is 2.16. The molecule has 26 heavy (non-hydrogen) atoms. The Bertz CT molecular complexity index is 900. The normalized spacial score (nSPS) is 10.8. The average Bonchev–Trinajstić information content (AvgIpc) is 3.04. The van der Waals surface area contributed by atoms with Crippen LogP contribution in [0.4, 0.5) is 13.9 Å². The van der Waals surface area contributed by atoms with Gasteiger partial charge in [0, 0.05) is 22.5 Å². The number of alkyl halides is 2. The monoisotopic (exact) mass is 394 g/mol. The van der Waals surface area contributed by atoms with E-state index in [9.17, 15) is 13.6 Å². The molecule has 3 aromatic rings. The van der Waals surface area contributed by atoms with Gasteiger partial charge in [-0.15, -0.1) is 11.3 Å². The molecule has 0 fully saturated rings. The summed E-state index contributed by atoms with van der Waals surface area (Å²) in [5.41, 5.74) is 1.08. The minimum absolute atomic E-state index is 0.0160. The maximum Gasteiger partial charge on any atom is 0.387 e. The maximum atomic E-state index is 12.5. The maximum absolute atomic E-state index is 12.5. The van der Waals surface area contributed by atoms with Crippen molar-refractivity contribution >= 4 is 34.0 Å². The van der Waals surface area contributed by atoms with Gasteiger partial charge in [0.15, 0.2) is 5.13 Å². The Morgan fingerprint density at radius 1 is 1.19 bits per heavy atom. The van der Waals surface area contributed by atoms with Crippen LogP contribution in [0.5, 0.6) is 5.75 Å². The van der Waals surface area contributed by atoms with Crippen molar-refractivity contribution in [3.8, 4) is 5.75 Å². The zero-order chi connectivity index (χ0) is 18.5. The quantitative estimate of drug-likeness (QED) is 0.622. The molecule has 0 bridgehead atoms. The second-order valence-corrected chi connectivity index (χ2v) is 6.82. The molecule has 0 spiro atoms. The van der Waals surface area contributed by atoms with Gasteiger partial charge in [0.1, 0.15) is 5.75 Å². The zero-order valence-corrected chi connectivity index (χ0v) is 14.9. The molecule has 0 atom stereocenters. The fourth-order valence-corrected chi connectivity index (χ4v) is 3.24. The van der Waals surface area contributed by atoms with Gasteiger partial charge in [-0.3, -0.25) is 10.1 Å². The number of hydrogen-bond acceptors (Lipinski definition) is 4. The van der Waals surface area contributed by atoms with Gasteiger partial charge in [-0.1, -0.05) is 35.9 Å². The minimum Gasteiger partial charge on any atom is -0.434 e. The largest absolute Gasteiger partial charge is 0.434 e. The number of thiazole rings is 1. The first-order chi connectivity index (χ1) is 12.5. The first-order valence-corrected chi connectivity index (χ1v) is 8.75. The molecular weight excluding hydrogens is 382 g/mol. The van der Waals surface area contributed by atoms with Gasteiger partial charge >= 0.3 is 6.61 Å². The number of carbonyl (C=O) groups excluding carboxylic acids is 1. The van der Waals surface area contributed by atoms with Gasteiger partial charge in [0.25, 0.3) is 5.91 Å². The van der Waals surface area contributed by atoms with Crippen LogP contribution < -0.4 is 10.1 Å². The molecule has 4 nitrogen and oxygen atoms in total. The number of carbonyl (C=O) groups is 1. The molecule has 0 radical (unpaired) electrons. The molecule has 0 saturated carbocycles. The van der Waals surface area contributed by atoms with E-state index >= 15 is 0 Å². The van der Waals surface area contributed by atoms with Gasteiger partial charge in [-0.2, -0.15) is 8.78 Å². The van der Waals surface area contributed by atoms with E-state index in [1.54, 1.807) is 24.4 Å². The highest BCUT2D eigenvalue weighted by atomic mass is 35.5. The van der Waals surface area contributed by atoms with Crippen LogP contribution in [-0.2, 0) is 6.42 Å². The lowest BCUT2D eigenvalue weighted by molar-refractivity contribution is -0.0501. The Morgan fingerprint density at radius 3 is 2.65 bits per heavy atom. The summed E-state index contributed by atoms with van der Waals surface area (Å²) >= 11 is 7.17. The molecule has 2 aromatic carbocycles. The first kappa shape index (κ1) is 18.3. The topological polar surface area (TPSA) is 51.2 Å². The highest BCUT2D eigenvalue weighted by Crippen LogP contribution is 2.25. The Hall–Kier alpha value is -2.51. The second kappa shape index (κ2) is 8.25. The van der Waals surface area contributed by atoms with Crippen molar-refractivity contribution in [1.82, 2.24) is 4.98 Å². The van der Waals surface area contributed by atoms with Gasteiger partial charge in [0.2, 0.25) is 0 Å². The van der Waals surface area contributed by atoms with Gasteiger partial charge in [-0.25, -0.2) is 4.98 Å². The van der Waals surface area contributed by atoms with E-state index in [4.69, 9.17) is 11.6 Å². The molecule has 3 rings (SSSR count). The molecule has 0 aliphatic carbocycles. The van der Waals surface area contributed by atoms with E-state index in [2.05, 4.69) is 15.0 Å². The van der Waals surface area contributed by atoms with E-state index < -0.39 is 12.5 Å². The predicted molar refractivity (Wildman–Crippen MR) is 97.4 cm³/mol. The third-order valence-electron chi connectivity index (χ3n) is 3.41. The molecule has 0 aliphatic rings. The Labute approximate surface area is 157 Å². The molecule has 0 aliphatic heterocycles. The van der Waals surface area contributed by atoms with E-state index in [1.807, 2.05) is 12.1 Å². The lowest BCUT2D eigenvalue weighted by Gasteiger charge is -2.09. The summed E-state index contributed by atoms with van der Waals surface area (Å²) < 4.78 is 29.3. The predicted octanol–water partition coefficient (Wildman–Crippen LogP) is 5.24. The number of anilines is 1. The van der Waals surface area contributed by atoms with Gasteiger partial charge < -0.3 is 4.74 Å². The number of hydrogen-bond donors (Lipinski definition) is 1. The third kappa shape index (κ3) is 4.77. The van der Waals surface area contributed by atoms with Crippen LogP contribution in [0.15, 0.2) is 54.7 Å². The molecule has 1 amide bonds. The fraction of sp³-hybridized carbons (Fsp3) is 0.111. The van der Waals surface area contributed by atoms with E-state index in [1.165, 1.54) is 29.5 Å². The summed E-state index contributed by atoms with van der Waals surface area (Å²) in [6.07, 6.45) is 2.31. The van der Waals surface area contributed by atoms with Crippen LogP contribution in [0.25, 0.3) is 0 Å². The minimum atomic E-state index is -3.00. The number of amides is 1. The van der Waals surface area contributed by atoms with Crippen LogP contribution in [-0.4, -0.2) is 17.5 Å². The molecule has 1 heterocycles. The fourth-order valence-electron chi connectivity index (χ4n) is 2.27. The standard InChI is InChI=1S/C18H13ClF2N2O2S/c19-12-7-5-11(6-8-12)9-13-10-22-18(26-13)23-16(24)14-3-1-2-4-15(14)25-17(20)21/h1-8,10,17H,9H2,(H,22,23,24). The Morgan fingerprint density at radius 2 is 1.92 bits per heavy atom. The van der Waals surface area contributed by atoms with Gasteiger partial charge in [0.05, 0.1) is 5.56 Å². The molecule has 1 N–H and O–H groups in total. The van der Waals surface area contributed by atoms with Crippen LogP contribution in [0.1, 0.15) is 20.8 Å². The second-order valence-electron chi connectivity index (χ2n) is 5.26. The zero-order valence-electron chi connectivity index (χ0n) is 13.3. The highest BCUT2D eigenvalue weighted by molar-refractivity contribution is 7.15. The molecule has 8 heteroatoms. The average molecular weight is 395 g/mol. The summed E-state index contributed by atoms with van der Waals surface area (Å²) in [5.74, 6) is -0.744. The number of nitrogens with zero attached hydrogens (tertiary/aromatic N) is 1. The Balaban J connectivity index is 1.69. The number of aromatic nitrogens is 1. The molecular formula is C18H13ClF2N2O2S.